The average molecular weight is 423 g/mol. The lowest BCUT2D eigenvalue weighted by Crippen LogP contribution is -2.16. The molecule has 0 unspecified atom stereocenters. The molecule has 2 aromatic rings. The van der Waals surface area contributed by atoms with Gasteiger partial charge in [0.1, 0.15) is 11.6 Å². The maximum atomic E-state index is 13.3. The molecule has 94 valence electrons. The van der Waals surface area contributed by atoms with E-state index in [2.05, 4.69) is 25.9 Å². The zero-order chi connectivity index (χ0) is 13.3. The number of hydrogen-bond acceptors (Lipinski definition) is 2. The molecule has 0 saturated heterocycles. The van der Waals surface area contributed by atoms with Crippen LogP contribution in [-0.2, 0) is 6.42 Å². The maximum absolute atomic E-state index is 13.3. The Kier molecular flexibility index (Phi) is 4.16. The number of H-pyrrole nitrogens is 1. The van der Waals surface area contributed by atoms with Crippen molar-refractivity contribution in [1.82, 2.24) is 9.97 Å². The highest BCUT2D eigenvalue weighted by molar-refractivity contribution is 14.1. The van der Waals surface area contributed by atoms with E-state index in [4.69, 9.17) is 0 Å². The molecule has 0 amide bonds. The van der Waals surface area contributed by atoms with Gasteiger partial charge in [0.25, 0.3) is 5.56 Å². The summed E-state index contributed by atoms with van der Waals surface area (Å²) in [6, 6.07) is 4.28. The number of nitrogens with zero attached hydrogens (tertiary/aromatic N) is 1. The Balaban J connectivity index is 2.68. The lowest BCUT2D eigenvalue weighted by molar-refractivity contribution is 0.628. The Morgan fingerprint density at radius 3 is 2.89 bits per heavy atom. The summed E-state index contributed by atoms with van der Waals surface area (Å²) in [6.45, 7) is 1.92. The summed E-state index contributed by atoms with van der Waals surface area (Å²) in [5, 5.41) is 0. The molecule has 0 aliphatic heterocycles. The molecular formula is C12H9BrFIN2O. The van der Waals surface area contributed by atoms with Crippen LogP contribution >= 0.6 is 38.5 Å². The Hall–Kier alpha value is -0.760. The van der Waals surface area contributed by atoms with E-state index in [-0.39, 0.29) is 11.4 Å². The second kappa shape index (κ2) is 5.48. The monoisotopic (exact) mass is 422 g/mol. The van der Waals surface area contributed by atoms with E-state index in [1.54, 1.807) is 6.07 Å². The fraction of sp³-hybridized carbons (Fsp3) is 0.167. The van der Waals surface area contributed by atoms with Gasteiger partial charge in [-0.15, -0.1) is 0 Å². The van der Waals surface area contributed by atoms with Gasteiger partial charge in [-0.25, -0.2) is 9.37 Å². The summed E-state index contributed by atoms with van der Waals surface area (Å²) in [4.78, 5) is 18.8. The molecule has 1 heterocycles. The van der Waals surface area contributed by atoms with Crippen molar-refractivity contribution in [3.8, 4) is 11.4 Å². The van der Waals surface area contributed by atoms with Crippen LogP contribution in [0.25, 0.3) is 11.4 Å². The predicted molar refractivity (Wildman–Crippen MR) is 80.0 cm³/mol. The molecule has 0 saturated carbocycles. The maximum Gasteiger partial charge on any atom is 0.264 e. The van der Waals surface area contributed by atoms with Crippen molar-refractivity contribution < 1.29 is 4.39 Å². The van der Waals surface area contributed by atoms with Gasteiger partial charge in [-0.05, 0) is 47.2 Å². The largest absolute Gasteiger partial charge is 0.306 e. The molecule has 0 fully saturated rings. The van der Waals surface area contributed by atoms with E-state index in [9.17, 15) is 9.18 Å². The molecule has 1 N–H and O–H groups in total. The molecule has 0 spiro atoms. The van der Waals surface area contributed by atoms with Gasteiger partial charge in [0.2, 0.25) is 0 Å². The van der Waals surface area contributed by atoms with Crippen LogP contribution in [0.15, 0.2) is 27.5 Å². The first-order valence-electron chi connectivity index (χ1n) is 5.27. The summed E-state index contributed by atoms with van der Waals surface area (Å²) in [6.07, 6.45) is 0.655. The summed E-state index contributed by atoms with van der Waals surface area (Å²) in [5.74, 6) is 0.0103. The van der Waals surface area contributed by atoms with Crippen LogP contribution in [-0.4, -0.2) is 9.97 Å². The predicted octanol–water partition coefficient (Wildman–Crippen LogP) is 3.51. The normalized spacial score (nSPS) is 10.7. The van der Waals surface area contributed by atoms with Gasteiger partial charge in [0, 0.05) is 10.0 Å². The number of rotatable bonds is 2. The number of hydrogen-bond donors (Lipinski definition) is 1. The molecule has 0 radical (unpaired) electrons. The van der Waals surface area contributed by atoms with E-state index < -0.39 is 0 Å². The number of halogens is 3. The average Bonchev–Trinajstić information content (AvgIpc) is 2.35. The van der Waals surface area contributed by atoms with E-state index in [1.807, 2.05) is 29.5 Å². The van der Waals surface area contributed by atoms with Gasteiger partial charge < -0.3 is 4.98 Å². The van der Waals surface area contributed by atoms with Crippen LogP contribution < -0.4 is 5.56 Å². The summed E-state index contributed by atoms with van der Waals surface area (Å²) in [7, 11) is 0. The third-order valence-corrected chi connectivity index (χ3v) is 4.25. The Morgan fingerprint density at radius 1 is 1.50 bits per heavy atom. The van der Waals surface area contributed by atoms with E-state index >= 15 is 0 Å². The molecule has 1 aromatic carbocycles. The molecule has 1 aromatic heterocycles. The highest BCUT2D eigenvalue weighted by Gasteiger charge is 2.11. The van der Waals surface area contributed by atoms with Crippen molar-refractivity contribution in [2.24, 2.45) is 0 Å². The highest BCUT2D eigenvalue weighted by atomic mass is 127. The van der Waals surface area contributed by atoms with Crippen molar-refractivity contribution in [1.29, 1.82) is 0 Å². The molecular weight excluding hydrogens is 414 g/mol. The Labute approximate surface area is 125 Å². The molecule has 0 aliphatic carbocycles. The van der Waals surface area contributed by atoms with Gasteiger partial charge in [-0.1, -0.05) is 22.9 Å². The van der Waals surface area contributed by atoms with Crippen LogP contribution in [0.1, 0.15) is 12.6 Å². The highest BCUT2D eigenvalue weighted by Crippen LogP contribution is 2.26. The number of aromatic nitrogens is 2. The summed E-state index contributed by atoms with van der Waals surface area (Å²) in [5.41, 5.74) is 1.05. The second-order valence-corrected chi connectivity index (χ2v) is 5.59. The molecule has 0 bridgehead atoms. The van der Waals surface area contributed by atoms with Crippen LogP contribution in [0, 0.1) is 9.39 Å². The van der Waals surface area contributed by atoms with Crippen molar-refractivity contribution in [2.45, 2.75) is 13.3 Å². The van der Waals surface area contributed by atoms with E-state index in [0.29, 0.717) is 31.5 Å². The Bertz CT molecular complexity index is 657. The van der Waals surface area contributed by atoms with Gasteiger partial charge in [-0.3, -0.25) is 4.79 Å². The molecule has 0 aliphatic rings. The number of aryl methyl sites for hydroxylation is 1. The summed E-state index contributed by atoms with van der Waals surface area (Å²) < 4.78 is 14.5. The molecule has 6 heteroatoms. The third kappa shape index (κ3) is 2.64. The third-order valence-electron chi connectivity index (χ3n) is 2.45. The zero-order valence-electron chi connectivity index (χ0n) is 9.43. The summed E-state index contributed by atoms with van der Waals surface area (Å²) >= 11 is 5.29. The van der Waals surface area contributed by atoms with Crippen molar-refractivity contribution in [3.63, 3.8) is 0 Å². The van der Waals surface area contributed by atoms with Gasteiger partial charge >= 0.3 is 0 Å². The Morgan fingerprint density at radius 2 is 2.22 bits per heavy atom. The molecule has 18 heavy (non-hydrogen) atoms. The van der Waals surface area contributed by atoms with Crippen LogP contribution in [0.5, 0.6) is 0 Å². The van der Waals surface area contributed by atoms with Crippen LogP contribution in [0.2, 0.25) is 0 Å². The lowest BCUT2D eigenvalue weighted by atomic mass is 10.2. The lowest BCUT2D eigenvalue weighted by Gasteiger charge is -2.07. The first kappa shape index (κ1) is 13.7. The number of aromatic amines is 1. The number of benzene rings is 1. The van der Waals surface area contributed by atoms with E-state index in [0.717, 1.165) is 0 Å². The standard InChI is InChI=1S/C12H9BrFIN2O/c1-2-9-10(15)12(18)17-11(16-9)7-5-6(14)3-4-8(7)13/h3-5H,2H2,1H3,(H,16,17,18). The van der Waals surface area contributed by atoms with Crippen LogP contribution in [0.4, 0.5) is 4.39 Å². The van der Waals surface area contributed by atoms with Gasteiger partial charge in [0.15, 0.2) is 0 Å². The first-order valence-corrected chi connectivity index (χ1v) is 7.14. The fourth-order valence-corrected chi connectivity index (χ4v) is 2.62. The van der Waals surface area contributed by atoms with Gasteiger partial charge in [-0.2, -0.15) is 0 Å². The molecule has 2 rings (SSSR count). The van der Waals surface area contributed by atoms with Crippen molar-refractivity contribution in [3.05, 3.63) is 48.1 Å². The minimum Gasteiger partial charge on any atom is -0.306 e. The SMILES string of the molecule is CCc1nc(-c2cc(F)ccc2Br)[nH]c(=O)c1I. The smallest absolute Gasteiger partial charge is 0.264 e. The zero-order valence-corrected chi connectivity index (χ0v) is 13.2. The van der Waals surface area contributed by atoms with Crippen LogP contribution in [0.3, 0.4) is 0 Å². The van der Waals surface area contributed by atoms with Crippen molar-refractivity contribution >= 4 is 38.5 Å². The molecule has 0 atom stereocenters. The topological polar surface area (TPSA) is 45.8 Å². The number of nitrogens with one attached hydrogen (secondary N) is 1. The van der Waals surface area contributed by atoms with E-state index in [1.165, 1.54) is 12.1 Å². The first-order chi connectivity index (χ1) is 8.52. The van der Waals surface area contributed by atoms with Gasteiger partial charge in [0.05, 0.1) is 9.26 Å². The fourth-order valence-electron chi connectivity index (χ4n) is 1.55. The quantitative estimate of drug-likeness (QED) is 0.753. The van der Waals surface area contributed by atoms with Crippen molar-refractivity contribution in [2.75, 3.05) is 0 Å². The minimum absolute atomic E-state index is 0.200. The molecule has 3 nitrogen and oxygen atoms in total. The second-order valence-electron chi connectivity index (χ2n) is 3.65. The minimum atomic E-state index is -0.368.